The number of hydrogen-bond donors (Lipinski definition) is 1. The molecule has 0 saturated carbocycles. The molecule has 0 aliphatic heterocycles. The molecule has 3 nitrogen and oxygen atoms in total. The van der Waals surface area contributed by atoms with Crippen LogP contribution in [0.2, 0.25) is 0 Å². The Morgan fingerprint density at radius 3 is 2.31 bits per heavy atom. The third-order valence-electron chi connectivity index (χ3n) is 2.57. The first-order chi connectivity index (χ1) is 7.43. The largest absolute Gasteiger partial charge is 0.481 e. The molecule has 1 rings (SSSR count). The van der Waals surface area contributed by atoms with E-state index in [9.17, 15) is 9.59 Å². The van der Waals surface area contributed by atoms with E-state index in [0.717, 1.165) is 16.7 Å². The second-order valence-corrected chi connectivity index (χ2v) is 4.94. The van der Waals surface area contributed by atoms with Crippen LogP contribution in [-0.2, 0) is 4.79 Å². The van der Waals surface area contributed by atoms with Crippen LogP contribution in [0.5, 0.6) is 0 Å². The maximum atomic E-state index is 11.9. The van der Waals surface area contributed by atoms with E-state index in [1.165, 1.54) is 0 Å². The van der Waals surface area contributed by atoms with Crippen molar-refractivity contribution in [3.05, 3.63) is 34.4 Å². The maximum absolute atomic E-state index is 11.9. The number of carboxylic acid groups (broad SMARTS) is 1. The van der Waals surface area contributed by atoms with Gasteiger partial charge in [0, 0.05) is 5.56 Å². The van der Waals surface area contributed by atoms with E-state index in [1.54, 1.807) is 0 Å². The Labute approximate surface area is 96.7 Å². The fourth-order valence-corrected chi connectivity index (χ4v) is 2.42. The van der Waals surface area contributed by atoms with Crippen LogP contribution in [0.4, 0.5) is 0 Å². The van der Waals surface area contributed by atoms with Gasteiger partial charge in [-0.25, -0.2) is 0 Å². The fourth-order valence-electron chi connectivity index (χ4n) is 1.54. The van der Waals surface area contributed by atoms with Gasteiger partial charge >= 0.3 is 5.97 Å². The minimum absolute atomic E-state index is 0.0545. The molecule has 86 valence electrons. The highest BCUT2D eigenvalue weighted by molar-refractivity contribution is 7.59. The van der Waals surface area contributed by atoms with Gasteiger partial charge in [0.25, 0.3) is 0 Å². The SMILES string of the molecule is Cc1ccc(C)c(C(=O)PCC(=O)O)c1C. The van der Waals surface area contributed by atoms with Crippen LogP contribution in [0.3, 0.4) is 0 Å². The summed E-state index contributed by atoms with van der Waals surface area (Å²) in [4.78, 5) is 22.3. The number of benzene rings is 1. The highest BCUT2D eigenvalue weighted by atomic mass is 31.1. The lowest BCUT2D eigenvalue weighted by Crippen LogP contribution is -2.05. The minimum atomic E-state index is -0.922. The Hall–Kier alpha value is -1.21. The lowest BCUT2D eigenvalue weighted by atomic mass is 9.99. The summed E-state index contributed by atoms with van der Waals surface area (Å²) in [5.74, 6) is -0.922. The number of aryl methyl sites for hydroxylation is 2. The minimum Gasteiger partial charge on any atom is -0.481 e. The van der Waals surface area contributed by atoms with Gasteiger partial charge in [-0.1, -0.05) is 12.1 Å². The molecule has 0 radical (unpaired) electrons. The molecule has 0 heterocycles. The third kappa shape index (κ3) is 2.89. The maximum Gasteiger partial charge on any atom is 0.307 e. The number of rotatable bonds is 4. The molecule has 0 bridgehead atoms. The molecule has 0 aliphatic rings. The summed E-state index contributed by atoms with van der Waals surface area (Å²) in [6.07, 6.45) is -0.0777. The molecule has 0 fully saturated rings. The van der Waals surface area contributed by atoms with Crippen LogP contribution in [0.15, 0.2) is 12.1 Å². The van der Waals surface area contributed by atoms with Crippen molar-refractivity contribution in [2.24, 2.45) is 0 Å². The monoisotopic (exact) mass is 238 g/mol. The number of aliphatic carboxylic acids is 1. The zero-order chi connectivity index (χ0) is 12.3. The number of carbonyl (C=O) groups excluding carboxylic acids is 1. The second-order valence-electron chi connectivity index (χ2n) is 3.78. The Bertz CT molecular complexity index is 438. The first kappa shape index (κ1) is 12.9. The molecule has 0 spiro atoms. The van der Waals surface area contributed by atoms with Gasteiger partial charge in [-0.15, -0.1) is 0 Å². The summed E-state index contributed by atoms with van der Waals surface area (Å²) in [7, 11) is -0.186. The average molecular weight is 238 g/mol. The van der Waals surface area contributed by atoms with Crippen LogP contribution in [-0.4, -0.2) is 22.8 Å². The van der Waals surface area contributed by atoms with Gasteiger partial charge in [-0.05, 0) is 46.0 Å². The molecule has 1 unspecified atom stereocenters. The van der Waals surface area contributed by atoms with E-state index in [2.05, 4.69) is 0 Å². The van der Waals surface area contributed by atoms with E-state index in [0.29, 0.717) is 5.56 Å². The van der Waals surface area contributed by atoms with Crippen LogP contribution < -0.4 is 0 Å². The predicted molar refractivity (Wildman–Crippen MR) is 65.8 cm³/mol. The Morgan fingerprint density at radius 2 is 1.75 bits per heavy atom. The van der Waals surface area contributed by atoms with Crippen molar-refractivity contribution in [2.45, 2.75) is 20.8 Å². The molecule has 4 heteroatoms. The third-order valence-corrected chi connectivity index (χ3v) is 3.62. The number of hydrogen-bond acceptors (Lipinski definition) is 2. The highest BCUT2D eigenvalue weighted by Crippen LogP contribution is 2.25. The molecular weight excluding hydrogens is 223 g/mol. The van der Waals surface area contributed by atoms with E-state index in [1.807, 2.05) is 32.9 Å². The summed E-state index contributed by atoms with van der Waals surface area (Å²) in [6, 6.07) is 3.88. The molecule has 16 heavy (non-hydrogen) atoms. The van der Waals surface area contributed by atoms with Crippen LogP contribution >= 0.6 is 8.58 Å². The summed E-state index contributed by atoms with van der Waals surface area (Å²) >= 11 is 0. The molecule has 1 atom stereocenters. The second kappa shape index (κ2) is 5.22. The predicted octanol–water partition coefficient (Wildman–Crippen LogP) is 2.52. The van der Waals surface area contributed by atoms with Gasteiger partial charge in [-0.2, -0.15) is 0 Å². The standard InChI is InChI=1S/C12H15O3P/c1-7-4-5-8(2)11(9(7)3)12(15)16-6-10(13)14/h4-5,16H,6H2,1-3H3,(H,13,14). The first-order valence-corrected chi connectivity index (χ1v) is 6.21. The first-order valence-electron chi connectivity index (χ1n) is 5.00. The zero-order valence-corrected chi connectivity index (χ0v) is 10.6. The molecule has 0 saturated heterocycles. The highest BCUT2D eigenvalue weighted by Gasteiger charge is 2.14. The van der Waals surface area contributed by atoms with Crippen molar-refractivity contribution in [1.82, 2.24) is 0 Å². The number of carbonyl (C=O) groups is 2. The Kier molecular flexibility index (Phi) is 4.19. The molecule has 0 aromatic heterocycles. The summed E-state index contributed by atoms with van der Waals surface area (Å²) in [5, 5.41) is 8.56. The Balaban J connectivity index is 2.99. The summed E-state index contributed by atoms with van der Waals surface area (Å²) in [5.41, 5.74) is 3.59. The fraction of sp³-hybridized carbons (Fsp3) is 0.333. The normalized spacial score (nSPS) is 10.9. The van der Waals surface area contributed by atoms with Crippen molar-refractivity contribution in [1.29, 1.82) is 0 Å². The van der Waals surface area contributed by atoms with Gasteiger partial charge in [-0.3, -0.25) is 9.59 Å². The van der Waals surface area contributed by atoms with Crippen molar-refractivity contribution < 1.29 is 14.7 Å². The smallest absolute Gasteiger partial charge is 0.307 e. The van der Waals surface area contributed by atoms with Crippen LogP contribution in [0.25, 0.3) is 0 Å². The van der Waals surface area contributed by atoms with Crippen LogP contribution in [0, 0.1) is 20.8 Å². The zero-order valence-electron chi connectivity index (χ0n) is 9.63. The van der Waals surface area contributed by atoms with Crippen molar-refractivity contribution in [3.8, 4) is 0 Å². The van der Waals surface area contributed by atoms with Crippen molar-refractivity contribution in [2.75, 3.05) is 6.16 Å². The van der Waals surface area contributed by atoms with Crippen molar-refractivity contribution >= 4 is 20.1 Å². The Morgan fingerprint density at radius 1 is 1.19 bits per heavy atom. The number of carboxylic acids is 1. The molecule has 0 aliphatic carbocycles. The van der Waals surface area contributed by atoms with Gasteiger partial charge in [0.2, 0.25) is 0 Å². The summed E-state index contributed by atoms with van der Waals surface area (Å²) < 4.78 is 0. The van der Waals surface area contributed by atoms with Gasteiger partial charge < -0.3 is 5.11 Å². The van der Waals surface area contributed by atoms with E-state index in [-0.39, 0.29) is 20.3 Å². The lowest BCUT2D eigenvalue weighted by molar-refractivity contribution is -0.133. The molecule has 1 N–H and O–H groups in total. The molecule has 1 aromatic rings. The topological polar surface area (TPSA) is 54.4 Å². The van der Waals surface area contributed by atoms with Gasteiger partial charge in [0.05, 0.1) is 6.16 Å². The molecule has 0 amide bonds. The van der Waals surface area contributed by atoms with E-state index < -0.39 is 5.97 Å². The average Bonchev–Trinajstić information content (AvgIpc) is 2.21. The van der Waals surface area contributed by atoms with E-state index in [4.69, 9.17) is 5.11 Å². The lowest BCUT2D eigenvalue weighted by Gasteiger charge is -2.10. The van der Waals surface area contributed by atoms with Gasteiger partial charge in [0.1, 0.15) is 0 Å². The van der Waals surface area contributed by atoms with Gasteiger partial charge in [0.15, 0.2) is 5.52 Å². The quantitative estimate of drug-likeness (QED) is 0.820. The van der Waals surface area contributed by atoms with Crippen molar-refractivity contribution in [3.63, 3.8) is 0 Å². The summed E-state index contributed by atoms with van der Waals surface area (Å²) in [6.45, 7) is 5.73. The van der Waals surface area contributed by atoms with Crippen LogP contribution in [0.1, 0.15) is 27.0 Å². The van der Waals surface area contributed by atoms with E-state index >= 15 is 0 Å². The molecule has 1 aromatic carbocycles. The molecular formula is C12H15O3P.